The number of pyridine rings is 1. The van der Waals surface area contributed by atoms with Crippen LogP contribution in [-0.2, 0) is 11.2 Å². The fourth-order valence-electron chi connectivity index (χ4n) is 3.69. The molecule has 2 aliphatic rings. The van der Waals surface area contributed by atoms with Gasteiger partial charge in [-0.3, -0.25) is 19.5 Å². The second-order valence-corrected chi connectivity index (χ2v) is 7.68. The van der Waals surface area contributed by atoms with Gasteiger partial charge in [0.25, 0.3) is 12.4 Å². The van der Waals surface area contributed by atoms with E-state index in [1.807, 2.05) is 12.1 Å². The SMILES string of the molecule is CN(C)CCN1CCN(c2nc(-c3cccnc3)nc3c2CCNC3=O)CC1.O=CO. The number of hydrogen-bond donors (Lipinski definition) is 2. The first-order valence-electron chi connectivity index (χ1n) is 10.3. The van der Waals surface area contributed by atoms with Crippen LogP contribution in [0.3, 0.4) is 0 Å². The number of carbonyl (C=O) groups excluding carboxylic acids is 1. The number of likely N-dealkylation sites (N-methyl/N-ethyl adjacent to an activating group) is 1. The Kier molecular flexibility index (Phi) is 7.85. The Balaban J connectivity index is 0.000000858. The van der Waals surface area contributed by atoms with Gasteiger partial charge >= 0.3 is 0 Å². The number of nitrogens with zero attached hydrogens (tertiary/aromatic N) is 6. The summed E-state index contributed by atoms with van der Waals surface area (Å²) in [6.07, 6.45) is 4.23. The molecule has 2 aliphatic heterocycles. The Morgan fingerprint density at radius 2 is 1.97 bits per heavy atom. The summed E-state index contributed by atoms with van der Waals surface area (Å²) < 4.78 is 0. The number of piperazine rings is 1. The van der Waals surface area contributed by atoms with E-state index in [2.05, 4.69) is 44.1 Å². The van der Waals surface area contributed by atoms with Gasteiger partial charge in [-0.25, -0.2) is 9.97 Å². The third-order valence-corrected chi connectivity index (χ3v) is 5.32. The summed E-state index contributed by atoms with van der Waals surface area (Å²) in [6, 6.07) is 3.79. The molecule has 0 unspecified atom stereocenters. The van der Waals surface area contributed by atoms with Crippen molar-refractivity contribution in [3.05, 3.63) is 35.8 Å². The van der Waals surface area contributed by atoms with E-state index in [4.69, 9.17) is 14.9 Å². The lowest BCUT2D eigenvalue weighted by Crippen LogP contribution is -2.49. The van der Waals surface area contributed by atoms with E-state index in [1.54, 1.807) is 12.4 Å². The average molecular weight is 428 g/mol. The van der Waals surface area contributed by atoms with Crippen LogP contribution in [-0.4, -0.2) is 102 Å². The lowest BCUT2D eigenvalue weighted by molar-refractivity contribution is -0.122. The highest BCUT2D eigenvalue weighted by Crippen LogP contribution is 2.28. The summed E-state index contributed by atoms with van der Waals surface area (Å²) in [7, 11) is 4.21. The number of hydrogen-bond acceptors (Lipinski definition) is 8. The van der Waals surface area contributed by atoms with Crippen molar-refractivity contribution in [2.75, 3.05) is 64.8 Å². The molecule has 1 saturated heterocycles. The molecule has 4 rings (SSSR count). The molecule has 166 valence electrons. The van der Waals surface area contributed by atoms with Gasteiger partial charge in [-0.2, -0.15) is 0 Å². The van der Waals surface area contributed by atoms with E-state index < -0.39 is 0 Å². The molecule has 0 aliphatic carbocycles. The summed E-state index contributed by atoms with van der Waals surface area (Å²) in [6.45, 7) is 6.34. The van der Waals surface area contributed by atoms with Crippen molar-refractivity contribution in [3.8, 4) is 11.4 Å². The number of aromatic nitrogens is 3. The summed E-state index contributed by atoms with van der Waals surface area (Å²) in [5.41, 5.74) is 2.30. The van der Waals surface area contributed by atoms with Crippen LogP contribution in [0.1, 0.15) is 16.1 Å². The molecule has 0 spiro atoms. The fourth-order valence-corrected chi connectivity index (χ4v) is 3.69. The normalized spacial score (nSPS) is 16.2. The largest absolute Gasteiger partial charge is 0.483 e. The van der Waals surface area contributed by atoms with E-state index in [0.717, 1.165) is 62.6 Å². The Labute approximate surface area is 181 Å². The first-order valence-corrected chi connectivity index (χ1v) is 10.3. The van der Waals surface area contributed by atoms with Crippen molar-refractivity contribution < 1.29 is 14.7 Å². The zero-order valence-electron chi connectivity index (χ0n) is 18.0. The van der Waals surface area contributed by atoms with Crippen molar-refractivity contribution in [2.45, 2.75) is 6.42 Å². The molecule has 2 aromatic heterocycles. The number of carbonyl (C=O) groups is 2. The molecule has 0 radical (unpaired) electrons. The molecule has 0 saturated carbocycles. The first kappa shape index (κ1) is 22.6. The Bertz CT molecular complexity index is 884. The molecule has 4 heterocycles. The minimum absolute atomic E-state index is 0.111. The van der Waals surface area contributed by atoms with E-state index in [9.17, 15) is 4.79 Å². The van der Waals surface area contributed by atoms with E-state index in [-0.39, 0.29) is 12.4 Å². The number of nitrogens with one attached hydrogen (secondary N) is 1. The first-order chi connectivity index (χ1) is 15.0. The topological polar surface area (TPSA) is 115 Å². The van der Waals surface area contributed by atoms with Crippen molar-refractivity contribution in [1.29, 1.82) is 0 Å². The van der Waals surface area contributed by atoms with Gasteiger partial charge in [0.1, 0.15) is 11.5 Å². The zero-order chi connectivity index (χ0) is 22.2. The molecule has 0 bridgehead atoms. The fraction of sp³-hybridized carbons (Fsp3) is 0.476. The molecular formula is C21H29N7O3. The third kappa shape index (κ3) is 5.74. The van der Waals surface area contributed by atoms with Gasteiger partial charge in [-0.05, 0) is 32.6 Å². The highest BCUT2D eigenvalue weighted by Gasteiger charge is 2.28. The predicted molar refractivity (Wildman–Crippen MR) is 117 cm³/mol. The maximum absolute atomic E-state index is 12.5. The van der Waals surface area contributed by atoms with Gasteiger partial charge in [0, 0.05) is 69.3 Å². The van der Waals surface area contributed by atoms with Gasteiger partial charge in [0.2, 0.25) is 0 Å². The monoisotopic (exact) mass is 427 g/mol. The Morgan fingerprint density at radius 3 is 2.61 bits per heavy atom. The second-order valence-electron chi connectivity index (χ2n) is 7.68. The smallest absolute Gasteiger partial charge is 0.290 e. The zero-order valence-corrected chi connectivity index (χ0v) is 18.0. The molecule has 1 amide bonds. The minimum Gasteiger partial charge on any atom is -0.483 e. The van der Waals surface area contributed by atoms with Gasteiger partial charge in [-0.15, -0.1) is 0 Å². The molecule has 2 aromatic rings. The quantitative estimate of drug-likeness (QED) is 0.646. The maximum atomic E-state index is 12.5. The van der Waals surface area contributed by atoms with Crippen molar-refractivity contribution in [1.82, 2.24) is 30.1 Å². The minimum atomic E-state index is -0.250. The summed E-state index contributed by atoms with van der Waals surface area (Å²) in [4.78, 5) is 41.5. The van der Waals surface area contributed by atoms with E-state index in [0.29, 0.717) is 18.1 Å². The molecular weight excluding hydrogens is 398 g/mol. The summed E-state index contributed by atoms with van der Waals surface area (Å²) in [5.74, 6) is 1.36. The van der Waals surface area contributed by atoms with E-state index >= 15 is 0 Å². The van der Waals surface area contributed by atoms with Crippen LogP contribution in [0, 0.1) is 0 Å². The van der Waals surface area contributed by atoms with Gasteiger partial charge in [0.15, 0.2) is 5.82 Å². The van der Waals surface area contributed by atoms with Crippen LogP contribution in [0.4, 0.5) is 5.82 Å². The Hall–Kier alpha value is -3.11. The lowest BCUT2D eigenvalue weighted by Gasteiger charge is -2.37. The number of rotatable bonds is 5. The van der Waals surface area contributed by atoms with Crippen molar-refractivity contribution in [3.63, 3.8) is 0 Å². The summed E-state index contributed by atoms with van der Waals surface area (Å²) >= 11 is 0. The number of carboxylic acid groups (broad SMARTS) is 1. The van der Waals surface area contributed by atoms with Crippen LogP contribution in [0.15, 0.2) is 24.5 Å². The van der Waals surface area contributed by atoms with E-state index in [1.165, 1.54) is 0 Å². The molecule has 31 heavy (non-hydrogen) atoms. The van der Waals surface area contributed by atoms with Crippen molar-refractivity contribution in [2.24, 2.45) is 0 Å². The molecule has 0 atom stereocenters. The Morgan fingerprint density at radius 1 is 1.23 bits per heavy atom. The van der Waals surface area contributed by atoms with Crippen molar-refractivity contribution >= 4 is 18.2 Å². The lowest BCUT2D eigenvalue weighted by atomic mass is 10.0. The molecule has 0 aromatic carbocycles. The molecule has 1 fully saturated rings. The van der Waals surface area contributed by atoms with Crippen LogP contribution < -0.4 is 10.2 Å². The van der Waals surface area contributed by atoms with Gasteiger partial charge in [-0.1, -0.05) is 0 Å². The highest BCUT2D eigenvalue weighted by molar-refractivity contribution is 5.96. The maximum Gasteiger partial charge on any atom is 0.290 e. The molecule has 10 nitrogen and oxygen atoms in total. The second kappa shape index (κ2) is 10.8. The molecule has 10 heteroatoms. The average Bonchev–Trinajstić information content (AvgIpc) is 2.79. The number of anilines is 1. The van der Waals surface area contributed by atoms with Crippen LogP contribution in [0.25, 0.3) is 11.4 Å². The predicted octanol–water partition coefficient (Wildman–Crippen LogP) is 0.209. The standard InChI is InChI=1S/C20H27N7O.CH2O2/c1-25(2)8-9-26-10-12-27(13-11-26)19-16-5-7-22-20(28)17(16)23-18(24-19)15-4-3-6-21-14-15;2-1-3/h3-4,6,14H,5,7-13H2,1-2H3,(H,22,28);1H,(H,2,3). The number of amides is 1. The number of fused-ring (bicyclic) bond motifs is 1. The third-order valence-electron chi connectivity index (χ3n) is 5.32. The highest BCUT2D eigenvalue weighted by atomic mass is 16.3. The van der Waals surface area contributed by atoms with Gasteiger partial charge < -0.3 is 20.2 Å². The van der Waals surface area contributed by atoms with Crippen LogP contribution in [0.2, 0.25) is 0 Å². The summed E-state index contributed by atoms with van der Waals surface area (Å²) in [5, 5.41) is 9.79. The molecule has 2 N–H and O–H groups in total. The van der Waals surface area contributed by atoms with Crippen LogP contribution in [0.5, 0.6) is 0 Å². The van der Waals surface area contributed by atoms with Crippen LogP contribution >= 0.6 is 0 Å². The van der Waals surface area contributed by atoms with Gasteiger partial charge in [0.05, 0.1) is 0 Å².